The zero-order valence-electron chi connectivity index (χ0n) is 5.41. The van der Waals surface area contributed by atoms with Crippen LogP contribution in [0.1, 0.15) is 0 Å². The molecule has 0 saturated carbocycles. The fraction of sp³-hybridized carbons (Fsp3) is 0.500. The Labute approximate surface area is 68.1 Å². The molecule has 0 aliphatic carbocycles. The topological polar surface area (TPSA) is 24.9 Å². The first-order valence-corrected chi connectivity index (χ1v) is 4.98. The zero-order chi connectivity index (χ0) is 6.81. The first kappa shape index (κ1) is 6.64. The van der Waals surface area contributed by atoms with E-state index < -0.39 is 0 Å². The highest BCUT2D eigenvalue weighted by Gasteiger charge is 2.18. The summed E-state index contributed by atoms with van der Waals surface area (Å²) in [6.07, 6.45) is 1.86. The molecule has 0 aromatic carbocycles. The molecule has 10 heavy (non-hydrogen) atoms. The number of hydrogen-bond acceptors (Lipinski definition) is 4. The monoisotopic (exact) mass is 172 g/mol. The molecule has 2 rings (SSSR count). The highest BCUT2D eigenvalue weighted by atomic mass is 32.2. The van der Waals surface area contributed by atoms with Crippen LogP contribution in [0.15, 0.2) is 15.9 Å². The van der Waals surface area contributed by atoms with Gasteiger partial charge in [-0.15, -0.1) is 11.3 Å². The lowest BCUT2D eigenvalue weighted by atomic mass is 10.3. The molecule has 0 spiro atoms. The Morgan fingerprint density at radius 2 is 2.60 bits per heavy atom. The molecule has 0 bridgehead atoms. The van der Waals surface area contributed by atoms with E-state index in [0.717, 1.165) is 18.3 Å². The van der Waals surface area contributed by atoms with Gasteiger partial charge in [0, 0.05) is 29.9 Å². The maximum absolute atomic E-state index is 4.19. The standard InChI is InChI=1S/C6H8N2S2/c1-2-9-6(8-1)10-5-3-7-4-5/h1-2,5,7H,3-4H2. The van der Waals surface area contributed by atoms with Gasteiger partial charge < -0.3 is 5.32 Å². The lowest BCUT2D eigenvalue weighted by molar-refractivity contribution is 0.543. The first-order valence-electron chi connectivity index (χ1n) is 3.22. The summed E-state index contributed by atoms with van der Waals surface area (Å²) < 4.78 is 1.20. The Balaban J connectivity index is 1.90. The summed E-state index contributed by atoms with van der Waals surface area (Å²) in [7, 11) is 0. The molecule has 1 aromatic heterocycles. The minimum Gasteiger partial charge on any atom is -0.314 e. The van der Waals surface area contributed by atoms with Crippen LogP contribution in [0.5, 0.6) is 0 Å². The second-order valence-electron chi connectivity index (χ2n) is 2.20. The lowest BCUT2D eigenvalue weighted by Gasteiger charge is -2.24. The van der Waals surface area contributed by atoms with Gasteiger partial charge in [-0.25, -0.2) is 4.98 Å². The van der Waals surface area contributed by atoms with Crippen molar-refractivity contribution in [3.63, 3.8) is 0 Å². The minimum atomic E-state index is 0.770. The number of aromatic nitrogens is 1. The molecule has 4 heteroatoms. The van der Waals surface area contributed by atoms with E-state index in [9.17, 15) is 0 Å². The van der Waals surface area contributed by atoms with Gasteiger partial charge in [-0.1, -0.05) is 11.8 Å². The summed E-state index contributed by atoms with van der Waals surface area (Å²) in [4.78, 5) is 4.19. The molecular formula is C6H8N2S2. The zero-order valence-corrected chi connectivity index (χ0v) is 7.04. The Morgan fingerprint density at radius 1 is 1.70 bits per heavy atom. The number of nitrogens with one attached hydrogen (secondary N) is 1. The van der Waals surface area contributed by atoms with Crippen LogP contribution >= 0.6 is 23.1 Å². The van der Waals surface area contributed by atoms with Gasteiger partial charge in [-0.3, -0.25) is 0 Å². The number of rotatable bonds is 2. The van der Waals surface area contributed by atoms with Crippen LogP contribution in [0.2, 0.25) is 0 Å². The summed E-state index contributed by atoms with van der Waals surface area (Å²) in [5, 5.41) is 6.02. The van der Waals surface area contributed by atoms with Gasteiger partial charge in [0.1, 0.15) is 4.34 Å². The molecule has 0 unspecified atom stereocenters. The van der Waals surface area contributed by atoms with E-state index >= 15 is 0 Å². The molecule has 1 aliphatic rings. The highest BCUT2D eigenvalue weighted by Crippen LogP contribution is 2.26. The molecular weight excluding hydrogens is 164 g/mol. The van der Waals surface area contributed by atoms with Gasteiger partial charge in [0.25, 0.3) is 0 Å². The molecule has 1 N–H and O–H groups in total. The maximum atomic E-state index is 4.19. The van der Waals surface area contributed by atoms with Crippen LogP contribution in [0.25, 0.3) is 0 Å². The normalized spacial score (nSPS) is 18.8. The van der Waals surface area contributed by atoms with Crippen LogP contribution in [-0.2, 0) is 0 Å². The number of hydrogen-bond donors (Lipinski definition) is 1. The van der Waals surface area contributed by atoms with E-state index in [1.165, 1.54) is 4.34 Å². The third kappa shape index (κ3) is 1.33. The van der Waals surface area contributed by atoms with Crippen LogP contribution in [-0.4, -0.2) is 23.3 Å². The summed E-state index contributed by atoms with van der Waals surface area (Å²) >= 11 is 3.61. The molecule has 0 amide bonds. The third-order valence-corrected chi connectivity index (χ3v) is 3.54. The van der Waals surface area contributed by atoms with Gasteiger partial charge in [0.15, 0.2) is 0 Å². The van der Waals surface area contributed by atoms with E-state index in [0.29, 0.717) is 0 Å². The molecule has 0 radical (unpaired) electrons. The first-order chi connectivity index (χ1) is 4.95. The van der Waals surface area contributed by atoms with E-state index in [-0.39, 0.29) is 0 Å². The summed E-state index contributed by atoms with van der Waals surface area (Å²) in [5.74, 6) is 0. The van der Waals surface area contributed by atoms with Crippen molar-refractivity contribution in [2.75, 3.05) is 13.1 Å². The molecule has 1 fully saturated rings. The SMILES string of the molecule is c1csc(SC2CNC2)n1. The van der Waals surface area contributed by atoms with Crippen molar-refractivity contribution in [1.82, 2.24) is 10.3 Å². The van der Waals surface area contributed by atoms with Gasteiger partial charge in [0.2, 0.25) is 0 Å². The van der Waals surface area contributed by atoms with E-state index in [1.807, 2.05) is 23.3 Å². The van der Waals surface area contributed by atoms with Crippen molar-refractivity contribution in [3.8, 4) is 0 Å². The average Bonchev–Trinajstić information content (AvgIpc) is 2.29. The van der Waals surface area contributed by atoms with E-state index in [4.69, 9.17) is 0 Å². The van der Waals surface area contributed by atoms with Crippen molar-refractivity contribution < 1.29 is 0 Å². The third-order valence-electron chi connectivity index (χ3n) is 1.42. The van der Waals surface area contributed by atoms with Crippen molar-refractivity contribution in [3.05, 3.63) is 11.6 Å². The Bertz CT molecular complexity index is 194. The molecule has 0 atom stereocenters. The Morgan fingerprint density at radius 3 is 3.10 bits per heavy atom. The molecule has 1 aromatic rings. The Hall–Kier alpha value is -0.0600. The molecule has 54 valence electrons. The lowest BCUT2D eigenvalue weighted by Crippen LogP contribution is -2.44. The number of thiazole rings is 1. The van der Waals surface area contributed by atoms with Crippen LogP contribution < -0.4 is 5.32 Å². The van der Waals surface area contributed by atoms with Crippen molar-refractivity contribution in [2.24, 2.45) is 0 Å². The van der Waals surface area contributed by atoms with Gasteiger partial charge >= 0.3 is 0 Å². The fourth-order valence-electron chi connectivity index (χ4n) is 0.757. The average molecular weight is 172 g/mol. The predicted molar refractivity (Wildman–Crippen MR) is 44.6 cm³/mol. The molecule has 1 saturated heterocycles. The summed E-state index contributed by atoms with van der Waals surface area (Å²) in [6, 6.07) is 0. The van der Waals surface area contributed by atoms with Crippen molar-refractivity contribution in [1.29, 1.82) is 0 Å². The summed E-state index contributed by atoms with van der Waals surface area (Å²) in [5.41, 5.74) is 0. The summed E-state index contributed by atoms with van der Waals surface area (Å²) in [6.45, 7) is 2.29. The second-order valence-corrected chi connectivity index (χ2v) is 4.64. The smallest absolute Gasteiger partial charge is 0.150 e. The van der Waals surface area contributed by atoms with Gasteiger partial charge in [0.05, 0.1) is 0 Å². The van der Waals surface area contributed by atoms with Gasteiger partial charge in [-0.05, 0) is 0 Å². The number of nitrogens with zero attached hydrogens (tertiary/aromatic N) is 1. The molecule has 2 nitrogen and oxygen atoms in total. The van der Waals surface area contributed by atoms with Crippen LogP contribution in [0.3, 0.4) is 0 Å². The molecule has 1 aliphatic heterocycles. The molecule has 2 heterocycles. The highest BCUT2D eigenvalue weighted by molar-refractivity contribution is 8.01. The minimum absolute atomic E-state index is 0.770. The number of thioether (sulfide) groups is 1. The van der Waals surface area contributed by atoms with Crippen LogP contribution in [0.4, 0.5) is 0 Å². The Kier molecular flexibility index (Phi) is 1.93. The second kappa shape index (κ2) is 2.90. The van der Waals surface area contributed by atoms with Gasteiger partial charge in [-0.2, -0.15) is 0 Å². The van der Waals surface area contributed by atoms with E-state index in [2.05, 4.69) is 10.3 Å². The van der Waals surface area contributed by atoms with Crippen molar-refractivity contribution in [2.45, 2.75) is 9.59 Å². The maximum Gasteiger partial charge on any atom is 0.150 e. The van der Waals surface area contributed by atoms with Crippen molar-refractivity contribution >= 4 is 23.1 Å². The predicted octanol–water partition coefficient (Wildman–Crippen LogP) is 1.21. The van der Waals surface area contributed by atoms with Crippen LogP contribution in [0, 0.1) is 0 Å². The largest absolute Gasteiger partial charge is 0.314 e. The van der Waals surface area contributed by atoms with E-state index in [1.54, 1.807) is 11.3 Å². The fourth-order valence-corrected chi connectivity index (χ4v) is 2.72. The quantitative estimate of drug-likeness (QED) is 0.725.